The van der Waals surface area contributed by atoms with Crippen LogP contribution < -0.4 is 0 Å². The van der Waals surface area contributed by atoms with Crippen LogP contribution in [0.25, 0.3) is 0 Å². The minimum Gasteiger partial charge on any atom is -0.481 e. The molecule has 1 heterocycles. The molecule has 1 aliphatic heterocycles. The highest BCUT2D eigenvalue weighted by molar-refractivity contribution is 5.69. The van der Waals surface area contributed by atoms with E-state index in [0.29, 0.717) is 5.92 Å². The molecule has 2 unspecified atom stereocenters. The lowest BCUT2D eigenvalue weighted by Crippen LogP contribution is -2.21. The molecule has 1 aliphatic rings. The lowest BCUT2D eigenvalue weighted by atomic mass is 9.95. The Kier molecular flexibility index (Phi) is 3.72. The molecule has 3 nitrogen and oxygen atoms in total. The number of hydrogen-bond donors (Lipinski definition) is 1. The molecular weight excluding hydrogens is 166 g/mol. The van der Waals surface area contributed by atoms with E-state index in [1.54, 1.807) is 6.92 Å². The number of rotatable bonds is 4. The molecule has 3 heteroatoms. The average molecular weight is 185 g/mol. The highest BCUT2D eigenvalue weighted by Gasteiger charge is 2.24. The van der Waals surface area contributed by atoms with Crippen LogP contribution in [0, 0.1) is 11.8 Å². The number of aliphatic carboxylic acids is 1. The standard InChI is InChI=1S/C10H19NO2/c1-3-11-5-4-9(7-11)6-8(2)10(12)13/h8-9H,3-7H2,1-2H3,(H,12,13). The summed E-state index contributed by atoms with van der Waals surface area (Å²) in [5, 5.41) is 8.75. The van der Waals surface area contributed by atoms with Crippen molar-refractivity contribution in [3.05, 3.63) is 0 Å². The Morgan fingerprint density at radius 2 is 2.38 bits per heavy atom. The fraction of sp³-hybridized carbons (Fsp3) is 0.900. The predicted octanol–water partition coefficient (Wildman–Crippen LogP) is 1.44. The number of nitrogens with zero attached hydrogens (tertiary/aromatic N) is 1. The smallest absolute Gasteiger partial charge is 0.306 e. The molecule has 76 valence electrons. The molecule has 0 aliphatic carbocycles. The zero-order valence-electron chi connectivity index (χ0n) is 8.49. The van der Waals surface area contributed by atoms with Crippen LogP contribution in [0.4, 0.5) is 0 Å². The van der Waals surface area contributed by atoms with E-state index in [9.17, 15) is 4.79 Å². The first-order valence-corrected chi connectivity index (χ1v) is 5.08. The second-order valence-corrected chi connectivity index (χ2v) is 4.02. The molecule has 1 N–H and O–H groups in total. The van der Waals surface area contributed by atoms with Crippen LogP contribution in [0.1, 0.15) is 26.7 Å². The van der Waals surface area contributed by atoms with Gasteiger partial charge < -0.3 is 10.0 Å². The van der Waals surface area contributed by atoms with Crippen LogP contribution in [0.15, 0.2) is 0 Å². The maximum atomic E-state index is 10.6. The van der Waals surface area contributed by atoms with E-state index in [1.807, 2.05) is 0 Å². The van der Waals surface area contributed by atoms with E-state index in [-0.39, 0.29) is 5.92 Å². The maximum Gasteiger partial charge on any atom is 0.306 e. The van der Waals surface area contributed by atoms with Gasteiger partial charge in [0.2, 0.25) is 0 Å². The van der Waals surface area contributed by atoms with E-state index < -0.39 is 5.97 Å². The fourth-order valence-corrected chi connectivity index (χ4v) is 1.99. The highest BCUT2D eigenvalue weighted by Crippen LogP contribution is 2.23. The molecule has 0 aromatic rings. The number of carboxylic acids is 1. The first-order chi connectivity index (χ1) is 6.13. The van der Waals surface area contributed by atoms with Gasteiger partial charge in [-0.25, -0.2) is 0 Å². The zero-order valence-corrected chi connectivity index (χ0v) is 8.49. The van der Waals surface area contributed by atoms with Crippen LogP contribution in [-0.2, 0) is 4.79 Å². The van der Waals surface area contributed by atoms with Crippen molar-refractivity contribution in [1.29, 1.82) is 0 Å². The minimum absolute atomic E-state index is 0.179. The normalized spacial score (nSPS) is 26.2. The molecule has 0 aromatic carbocycles. The quantitative estimate of drug-likeness (QED) is 0.720. The third-order valence-electron chi connectivity index (χ3n) is 2.93. The molecule has 0 aromatic heterocycles. The van der Waals surface area contributed by atoms with Crippen LogP contribution in [0.5, 0.6) is 0 Å². The monoisotopic (exact) mass is 185 g/mol. The molecule has 1 fully saturated rings. The summed E-state index contributed by atoms with van der Waals surface area (Å²) in [4.78, 5) is 13.0. The molecular formula is C10H19NO2. The van der Waals surface area contributed by atoms with Crippen molar-refractivity contribution in [2.24, 2.45) is 11.8 Å². The van der Waals surface area contributed by atoms with Gasteiger partial charge in [-0.2, -0.15) is 0 Å². The third kappa shape index (κ3) is 2.99. The van der Waals surface area contributed by atoms with Crippen molar-refractivity contribution in [2.45, 2.75) is 26.7 Å². The van der Waals surface area contributed by atoms with Gasteiger partial charge in [0.15, 0.2) is 0 Å². The van der Waals surface area contributed by atoms with Crippen molar-refractivity contribution in [3.63, 3.8) is 0 Å². The van der Waals surface area contributed by atoms with E-state index in [4.69, 9.17) is 5.11 Å². The van der Waals surface area contributed by atoms with Crippen molar-refractivity contribution in [1.82, 2.24) is 4.90 Å². The molecule has 0 saturated carbocycles. The first-order valence-electron chi connectivity index (χ1n) is 5.08. The largest absolute Gasteiger partial charge is 0.481 e. The Balaban J connectivity index is 2.27. The van der Waals surface area contributed by atoms with Crippen LogP contribution in [0.2, 0.25) is 0 Å². The van der Waals surface area contributed by atoms with Gasteiger partial charge in [-0.05, 0) is 31.8 Å². The third-order valence-corrected chi connectivity index (χ3v) is 2.93. The van der Waals surface area contributed by atoms with Crippen LogP contribution in [0.3, 0.4) is 0 Å². The Labute approximate surface area is 79.7 Å². The fourth-order valence-electron chi connectivity index (χ4n) is 1.99. The topological polar surface area (TPSA) is 40.5 Å². The van der Waals surface area contributed by atoms with E-state index in [2.05, 4.69) is 11.8 Å². The van der Waals surface area contributed by atoms with Gasteiger partial charge in [-0.15, -0.1) is 0 Å². The molecule has 0 spiro atoms. The molecule has 0 radical (unpaired) electrons. The molecule has 1 saturated heterocycles. The first kappa shape index (κ1) is 10.5. The highest BCUT2D eigenvalue weighted by atomic mass is 16.4. The van der Waals surface area contributed by atoms with Gasteiger partial charge in [0.25, 0.3) is 0 Å². The number of carbonyl (C=O) groups is 1. The van der Waals surface area contributed by atoms with Crippen molar-refractivity contribution >= 4 is 5.97 Å². The van der Waals surface area contributed by atoms with Gasteiger partial charge in [0.1, 0.15) is 0 Å². The molecule has 0 bridgehead atoms. The van der Waals surface area contributed by atoms with E-state index in [0.717, 1.165) is 26.1 Å². The number of hydrogen-bond acceptors (Lipinski definition) is 2. The lowest BCUT2D eigenvalue weighted by Gasteiger charge is -2.14. The second kappa shape index (κ2) is 4.61. The molecule has 1 rings (SSSR count). The van der Waals surface area contributed by atoms with Crippen molar-refractivity contribution < 1.29 is 9.90 Å². The second-order valence-electron chi connectivity index (χ2n) is 4.02. The summed E-state index contributed by atoms with van der Waals surface area (Å²) >= 11 is 0. The summed E-state index contributed by atoms with van der Waals surface area (Å²) in [6.07, 6.45) is 2.01. The number of carboxylic acid groups (broad SMARTS) is 1. The maximum absolute atomic E-state index is 10.6. The summed E-state index contributed by atoms with van der Waals surface area (Å²) in [5.41, 5.74) is 0. The van der Waals surface area contributed by atoms with Gasteiger partial charge in [0.05, 0.1) is 5.92 Å². The average Bonchev–Trinajstić information content (AvgIpc) is 2.52. The summed E-state index contributed by atoms with van der Waals surface area (Å²) in [6.45, 7) is 7.29. The summed E-state index contributed by atoms with van der Waals surface area (Å²) in [6, 6.07) is 0. The number of likely N-dealkylation sites (tertiary alicyclic amines) is 1. The summed E-state index contributed by atoms with van der Waals surface area (Å²) < 4.78 is 0. The Bertz CT molecular complexity index is 182. The van der Waals surface area contributed by atoms with Gasteiger partial charge in [-0.3, -0.25) is 4.79 Å². The van der Waals surface area contributed by atoms with Crippen LogP contribution in [-0.4, -0.2) is 35.6 Å². The van der Waals surface area contributed by atoms with Gasteiger partial charge in [-0.1, -0.05) is 13.8 Å². The van der Waals surface area contributed by atoms with Gasteiger partial charge >= 0.3 is 5.97 Å². The summed E-state index contributed by atoms with van der Waals surface area (Å²) in [5.74, 6) is -0.234. The molecule has 0 amide bonds. The van der Waals surface area contributed by atoms with Crippen molar-refractivity contribution in [2.75, 3.05) is 19.6 Å². The lowest BCUT2D eigenvalue weighted by molar-refractivity contribution is -0.141. The van der Waals surface area contributed by atoms with E-state index >= 15 is 0 Å². The van der Waals surface area contributed by atoms with Crippen LogP contribution >= 0.6 is 0 Å². The Hall–Kier alpha value is -0.570. The predicted molar refractivity (Wildman–Crippen MR) is 51.6 cm³/mol. The summed E-state index contributed by atoms with van der Waals surface area (Å²) in [7, 11) is 0. The molecule has 2 atom stereocenters. The SMILES string of the molecule is CCN1CCC(CC(C)C(=O)O)C1. The molecule has 13 heavy (non-hydrogen) atoms. The van der Waals surface area contributed by atoms with E-state index in [1.165, 1.54) is 6.42 Å². The Morgan fingerprint density at radius 1 is 1.69 bits per heavy atom. The minimum atomic E-state index is -0.657. The van der Waals surface area contributed by atoms with Gasteiger partial charge in [0, 0.05) is 6.54 Å². The van der Waals surface area contributed by atoms with Crippen molar-refractivity contribution in [3.8, 4) is 0 Å². The zero-order chi connectivity index (χ0) is 9.84. The Morgan fingerprint density at radius 3 is 2.85 bits per heavy atom.